The highest BCUT2D eigenvalue weighted by Gasteiger charge is 2.27. The maximum Gasteiger partial charge on any atom is 0.331 e. The molecule has 0 spiro atoms. The van der Waals surface area contributed by atoms with Gasteiger partial charge in [0.25, 0.3) is 0 Å². The van der Waals surface area contributed by atoms with E-state index in [4.69, 9.17) is 9.47 Å². The summed E-state index contributed by atoms with van der Waals surface area (Å²) in [6.45, 7) is 3.81. The first-order chi connectivity index (χ1) is 15.9. The molecule has 0 unspecified atom stereocenters. The lowest BCUT2D eigenvalue weighted by atomic mass is 10.2. The molecule has 2 heterocycles. The Morgan fingerprint density at radius 1 is 1.18 bits per heavy atom. The standard InChI is InChI=1S/C23H24FN3O5S/c1-2-27-21-9-8-19(33(29,30)26-11-13-31-14-12-26)15-20(21)25-22(27)16-32-23(28)10-5-17-3-6-18(24)7-4-17/h3-10,15H,2,11-14,16H2,1H3/b10-5+. The van der Waals surface area contributed by atoms with Crippen LogP contribution in [0.1, 0.15) is 18.3 Å². The molecule has 3 aromatic rings. The fraction of sp³-hybridized carbons (Fsp3) is 0.304. The monoisotopic (exact) mass is 473 g/mol. The number of sulfonamides is 1. The summed E-state index contributed by atoms with van der Waals surface area (Å²) in [6, 6.07) is 10.6. The van der Waals surface area contributed by atoms with E-state index in [9.17, 15) is 17.6 Å². The summed E-state index contributed by atoms with van der Waals surface area (Å²) in [5.74, 6) is -0.407. The van der Waals surface area contributed by atoms with Crippen LogP contribution in [0.15, 0.2) is 53.4 Å². The number of imidazole rings is 1. The third-order valence-electron chi connectivity index (χ3n) is 5.35. The highest BCUT2D eigenvalue weighted by atomic mass is 32.2. The van der Waals surface area contributed by atoms with Gasteiger partial charge in [-0.3, -0.25) is 0 Å². The van der Waals surface area contributed by atoms with Crippen molar-refractivity contribution in [1.29, 1.82) is 0 Å². The largest absolute Gasteiger partial charge is 0.454 e. The Labute approximate surface area is 191 Å². The minimum Gasteiger partial charge on any atom is -0.454 e. The molecular formula is C23H24FN3O5S. The summed E-state index contributed by atoms with van der Waals surface area (Å²) in [4.78, 5) is 16.8. The molecule has 4 rings (SSSR count). The van der Waals surface area contributed by atoms with Gasteiger partial charge in [-0.1, -0.05) is 12.1 Å². The van der Waals surface area contributed by atoms with Crippen LogP contribution in [0.5, 0.6) is 0 Å². The van der Waals surface area contributed by atoms with Gasteiger partial charge in [-0.25, -0.2) is 22.6 Å². The normalized spacial score (nSPS) is 15.3. The van der Waals surface area contributed by atoms with Gasteiger partial charge in [0.05, 0.1) is 29.1 Å². The first-order valence-electron chi connectivity index (χ1n) is 10.6. The van der Waals surface area contributed by atoms with Crippen molar-refractivity contribution in [2.75, 3.05) is 26.3 Å². The van der Waals surface area contributed by atoms with Crippen molar-refractivity contribution < 1.29 is 27.1 Å². The van der Waals surface area contributed by atoms with Gasteiger partial charge in [0.2, 0.25) is 10.0 Å². The zero-order valence-corrected chi connectivity index (χ0v) is 18.9. The zero-order chi connectivity index (χ0) is 23.4. The molecule has 1 saturated heterocycles. The summed E-state index contributed by atoms with van der Waals surface area (Å²) in [5, 5.41) is 0. The van der Waals surface area contributed by atoms with E-state index in [1.54, 1.807) is 30.3 Å². The lowest BCUT2D eigenvalue weighted by molar-refractivity contribution is -0.139. The van der Waals surface area contributed by atoms with Gasteiger partial charge in [-0.05, 0) is 48.9 Å². The molecule has 33 heavy (non-hydrogen) atoms. The van der Waals surface area contributed by atoms with Gasteiger partial charge in [0, 0.05) is 25.7 Å². The molecule has 0 saturated carbocycles. The number of fused-ring (bicyclic) bond motifs is 1. The van der Waals surface area contributed by atoms with Crippen LogP contribution >= 0.6 is 0 Å². The number of benzene rings is 2. The maximum atomic E-state index is 13.0. The number of aromatic nitrogens is 2. The van der Waals surface area contributed by atoms with E-state index in [2.05, 4.69) is 4.98 Å². The van der Waals surface area contributed by atoms with Crippen LogP contribution in [0.3, 0.4) is 0 Å². The van der Waals surface area contributed by atoms with Gasteiger partial charge < -0.3 is 14.0 Å². The first-order valence-corrected chi connectivity index (χ1v) is 12.0. The molecule has 8 nitrogen and oxygen atoms in total. The minimum atomic E-state index is -3.64. The van der Waals surface area contributed by atoms with E-state index < -0.39 is 16.0 Å². The molecule has 0 bridgehead atoms. The molecule has 0 radical (unpaired) electrons. The van der Waals surface area contributed by atoms with E-state index >= 15 is 0 Å². The second-order valence-corrected chi connectivity index (χ2v) is 9.37. The number of aryl methyl sites for hydroxylation is 1. The van der Waals surface area contributed by atoms with Gasteiger partial charge >= 0.3 is 5.97 Å². The average molecular weight is 474 g/mol. The van der Waals surface area contributed by atoms with Crippen molar-refractivity contribution in [2.24, 2.45) is 0 Å². The Balaban J connectivity index is 1.50. The topological polar surface area (TPSA) is 90.7 Å². The summed E-state index contributed by atoms with van der Waals surface area (Å²) in [5.41, 5.74) is 1.94. The molecule has 1 aliphatic heterocycles. The van der Waals surface area contributed by atoms with E-state index in [1.165, 1.54) is 28.6 Å². The highest BCUT2D eigenvalue weighted by molar-refractivity contribution is 7.89. The molecule has 1 aromatic heterocycles. The molecule has 174 valence electrons. The number of esters is 1. The van der Waals surface area contributed by atoms with Crippen LogP contribution < -0.4 is 0 Å². The summed E-state index contributed by atoms with van der Waals surface area (Å²) in [6.07, 6.45) is 2.80. The van der Waals surface area contributed by atoms with Crippen LogP contribution in [0.2, 0.25) is 0 Å². The minimum absolute atomic E-state index is 0.0688. The highest BCUT2D eigenvalue weighted by Crippen LogP contribution is 2.24. The average Bonchev–Trinajstić information content (AvgIpc) is 3.19. The number of hydrogen-bond acceptors (Lipinski definition) is 6. The van der Waals surface area contributed by atoms with Crippen LogP contribution in [-0.2, 0) is 37.4 Å². The number of ether oxygens (including phenoxy) is 2. The van der Waals surface area contributed by atoms with Crippen molar-refractivity contribution in [3.8, 4) is 0 Å². The molecule has 2 aromatic carbocycles. The molecule has 0 atom stereocenters. The number of morpholine rings is 1. The molecule has 0 aliphatic carbocycles. The lowest BCUT2D eigenvalue weighted by Crippen LogP contribution is -2.40. The Bertz CT molecular complexity index is 1280. The third-order valence-corrected chi connectivity index (χ3v) is 7.24. The quantitative estimate of drug-likeness (QED) is 0.387. The van der Waals surface area contributed by atoms with Crippen LogP contribution in [0.4, 0.5) is 4.39 Å². The predicted molar refractivity (Wildman–Crippen MR) is 120 cm³/mol. The van der Waals surface area contributed by atoms with Crippen molar-refractivity contribution in [1.82, 2.24) is 13.9 Å². The Kier molecular flexibility index (Phi) is 6.87. The zero-order valence-electron chi connectivity index (χ0n) is 18.1. The lowest BCUT2D eigenvalue weighted by Gasteiger charge is -2.26. The van der Waals surface area contributed by atoms with E-state index in [0.717, 1.165) is 5.52 Å². The van der Waals surface area contributed by atoms with Crippen LogP contribution in [0, 0.1) is 5.82 Å². The van der Waals surface area contributed by atoms with E-state index in [0.29, 0.717) is 49.8 Å². The molecule has 1 aliphatic rings. The number of halogens is 1. The Morgan fingerprint density at radius 3 is 2.61 bits per heavy atom. The van der Waals surface area contributed by atoms with E-state index in [1.807, 2.05) is 11.5 Å². The first kappa shape index (κ1) is 23.1. The Hall–Kier alpha value is -3.08. The second-order valence-electron chi connectivity index (χ2n) is 7.43. The van der Waals surface area contributed by atoms with Gasteiger partial charge in [-0.2, -0.15) is 4.31 Å². The predicted octanol–water partition coefficient (Wildman–Crippen LogP) is 2.97. The van der Waals surface area contributed by atoms with Gasteiger partial charge in [0.1, 0.15) is 18.2 Å². The SMILES string of the molecule is CCn1c(COC(=O)/C=C/c2ccc(F)cc2)nc2cc(S(=O)(=O)N3CCOCC3)ccc21. The summed E-state index contributed by atoms with van der Waals surface area (Å²) < 4.78 is 52.7. The summed E-state index contributed by atoms with van der Waals surface area (Å²) in [7, 11) is -3.64. The fourth-order valence-electron chi connectivity index (χ4n) is 3.64. The fourth-order valence-corrected chi connectivity index (χ4v) is 5.07. The smallest absolute Gasteiger partial charge is 0.331 e. The maximum absolute atomic E-state index is 13.0. The van der Waals surface area contributed by atoms with Gasteiger partial charge in [0.15, 0.2) is 0 Å². The molecule has 1 fully saturated rings. The van der Waals surface area contributed by atoms with Gasteiger partial charge in [-0.15, -0.1) is 0 Å². The Morgan fingerprint density at radius 2 is 1.91 bits per heavy atom. The van der Waals surface area contributed by atoms with Crippen molar-refractivity contribution in [2.45, 2.75) is 25.0 Å². The number of hydrogen-bond donors (Lipinski definition) is 0. The van der Waals surface area contributed by atoms with Crippen LogP contribution in [0.25, 0.3) is 17.1 Å². The van der Waals surface area contributed by atoms with Crippen molar-refractivity contribution in [3.63, 3.8) is 0 Å². The number of nitrogens with zero attached hydrogens (tertiary/aromatic N) is 3. The third kappa shape index (κ3) is 5.13. The molecular weight excluding hydrogens is 449 g/mol. The van der Waals surface area contributed by atoms with Crippen molar-refractivity contribution in [3.05, 3.63) is 65.7 Å². The molecule has 10 heteroatoms. The molecule has 0 amide bonds. The molecule has 0 N–H and O–H groups in total. The van der Waals surface area contributed by atoms with Crippen molar-refractivity contribution >= 4 is 33.1 Å². The number of carbonyl (C=O) groups is 1. The van der Waals surface area contributed by atoms with E-state index in [-0.39, 0.29) is 17.3 Å². The summed E-state index contributed by atoms with van der Waals surface area (Å²) >= 11 is 0. The van der Waals surface area contributed by atoms with Crippen LogP contribution in [-0.4, -0.2) is 54.5 Å². The number of rotatable bonds is 7. The number of carbonyl (C=O) groups excluding carboxylic acids is 1. The second kappa shape index (κ2) is 9.82.